The van der Waals surface area contributed by atoms with Crippen LogP contribution in [-0.2, 0) is 0 Å². The van der Waals surface area contributed by atoms with Crippen LogP contribution in [-0.4, -0.2) is 18.6 Å². The van der Waals surface area contributed by atoms with Gasteiger partial charge in [0.15, 0.2) is 0 Å². The minimum Gasteiger partial charge on any atom is -0.494 e. The lowest BCUT2D eigenvalue weighted by atomic mass is 10.2. The molecule has 78 valence electrons. The van der Waals surface area contributed by atoms with E-state index in [9.17, 15) is 0 Å². The summed E-state index contributed by atoms with van der Waals surface area (Å²) in [6.45, 7) is 2.67. The first-order chi connectivity index (χ1) is 7.33. The molecule has 0 unspecified atom stereocenters. The van der Waals surface area contributed by atoms with Gasteiger partial charge in [-0.1, -0.05) is 0 Å². The average molecular weight is 202 g/mol. The number of hydrogen-bond donors (Lipinski definition) is 1. The zero-order valence-electron chi connectivity index (χ0n) is 8.95. The molecule has 1 aromatic carbocycles. The molecular formula is C12H14N2O. The van der Waals surface area contributed by atoms with E-state index in [1.165, 1.54) is 0 Å². The van der Waals surface area contributed by atoms with Gasteiger partial charge in [-0.3, -0.25) is 0 Å². The van der Waals surface area contributed by atoms with Crippen LogP contribution in [0, 0.1) is 0 Å². The van der Waals surface area contributed by atoms with E-state index in [4.69, 9.17) is 4.74 Å². The summed E-state index contributed by atoms with van der Waals surface area (Å²) in [4.78, 5) is 4.43. The molecule has 0 saturated carbocycles. The van der Waals surface area contributed by atoms with Gasteiger partial charge in [-0.25, -0.2) is 4.98 Å². The molecule has 2 aromatic rings. The number of anilines is 1. The molecule has 1 N–H and O–H groups in total. The van der Waals surface area contributed by atoms with Crippen molar-refractivity contribution in [3.05, 3.63) is 30.3 Å². The summed E-state index contributed by atoms with van der Waals surface area (Å²) < 4.78 is 5.43. The number of benzene rings is 1. The van der Waals surface area contributed by atoms with Crippen molar-refractivity contribution in [2.45, 2.75) is 6.92 Å². The maximum absolute atomic E-state index is 5.43. The van der Waals surface area contributed by atoms with Gasteiger partial charge in [0, 0.05) is 12.4 Å². The first kappa shape index (κ1) is 9.77. The summed E-state index contributed by atoms with van der Waals surface area (Å²) in [5.74, 6) is 1.77. The molecular weight excluding hydrogens is 188 g/mol. The Hall–Kier alpha value is -1.77. The van der Waals surface area contributed by atoms with Gasteiger partial charge in [0.25, 0.3) is 0 Å². The standard InChI is InChI=1S/C12H14N2O/c1-3-15-10-5-6-11-9(8-10)4-7-12(13-2)14-11/h4-8H,3H2,1-2H3,(H,13,14). The van der Waals surface area contributed by atoms with E-state index in [0.29, 0.717) is 6.61 Å². The number of nitrogens with zero attached hydrogens (tertiary/aromatic N) is 1. The van der Waals surface area contributed by atoms with Crippen LogP contribution in [0.3, 0.4) is 0 Å². The van der Waals surface area contributed by atoms with Gasteiger partial charge in [0.2, 0.25) is 0 Å². The number of nitrogens with one attached hydrogen (secondary N) is 1. The van der Waals surface area contributed by atoms with Crippen molar-refractivity contribution in [3.63, 3.8) is 0 Å². The fourth-order valence-electron chi connectivity index (χ4n) is 1.50. The molecule has 0 fully saturated rings. The fraction of sp³-hybridized carbons (Fsp3) is 0.250. The predicted molar refractivity (Wildman–Crippen MR) is 62.5 cm³/mol. The zero-order valence-corrected chi connectivity index (χ0v) is 8.95. The van der Waals surface area contributed by atoms with Crippen LogP contribution in [0.1, 0.15) is 6.92 Å². The SMILES string of the molecule is CCOc1ccc2nc(NC)ccc2c1. The highest BCUT2D eigenvalue weighted by Gasteiger charge is 1.99. The third-order valence-corrected chi connectivity index (χ3v) is 2.23. The van der Waals surface area contributed by atoms with Gasteiger partial charge < -0.3 is 10.1 Å². The summed E-state index contributed by atoms with van der Waals surface area (Å²) in [6, 6.07) is 9.92. The van der Waals surface area contributed by atoms with Gasteiger partial charge in [-0.15, -0.1) is 0 Å². The van der Waals surface area contributed by atoms with E-state index in [-0.39, 0.29) is 0 Å². The highest BCUT2D eigenvalue weighted by atomic mass is 16.5. The van der Waals surface area contributed by atoms with Crippen molar-refractivity contribution in [2.75, 3.05) is 19.0 Å². The zero-order chi connectivity index (χ0) is 10.7. The van der Waals surface area contributed by atoms with Gasteiger partial charge >= 0.3 is 0 Å². The Kier molecular flexibility index (Phi) is 2.72. The van der Waals surface area contributed by atoms with Crippen LogP contribution in [0.5, 0.6) is 5.75 Å². The molecule has 1 heterocycles. The average Bonchev–Trinajstić information content (AvgIpc) is 2.29. The third kappa shape index (κ3) is 2.01. The Morgan fingerprint density at radius 3 is 2.87 bits per heavy atom. The van der Waals surface area contributed by atoms with E-state index >= 15 is 0 Å². The lowest BCUT2D eigenvalue weighted by Crippen LogP contribution is -1.93. The summed E-state index contributed by atoms with van der Waals surface area (Å²) in [6.07, 6.45) is 0. The molecule has 0 aliphatic heterocycles. The van der Waals surface area contributed by atoms with Crippen LogP contribution >= 0.6 is 0 Å². The first-order valence-corrected chi connectivity index (χ1v) is 5.05. The molecule has 15 heavy (non-hydrogen) atoms. The maximum Gasteiger partial charge on any atom is 0.126 e. The minimum absolute atomic E-state index is 0.688. The van der Waals surface area contributed by atoms with E-state index in [0.717, 1.165) is 22.5 Å². The topological polar surface area (TPSA) is 34.1 Å². The molecule has 2 rings (SSSR count). The number of ether oxygens (including phenoxy) is 1. The Morgan fingerprint density at radius 1 is 1.27 bits per heavy atom. The van der Waals surface area contributed by atoms with Gasteiger partial charge in [0.1, 0.15) is 11.6 Å². The quantitative estimate of drug-likeness (QED) is 0.830. The highest BCUT2D eigenvalue weighted by molar-refractivity contribution is 5.81. The monoisotopic (exact) mass is 202 g/mol. The second-order valence-electron chi connectivity index (χ2n) is 3.23. The number of rotatable bonds is 3. The Morgan fingerprint density at radius 2 is 2.13 bits per heavy atom. The lowest BCUT2D eigenvalue weighted by molar-refractivity contribution is 0.340. The molecule has 3 heteroatoms. The van der Waals surface area contributed by atoms with E-state index in [1.54, 1.807) is 0 Å². The number of pyridine rings is 1. The van der Waals surface area contributed by atoms with Crippen LogP contribution < -0.4 is 10.1 Å². The second kappa shape index (κ2) is 4.17. The maximum atomic E-state index is 5.43. The van der Waals surface area contributed by atoms with Crippen molar-refractivity contribution in [3.8, 4) is 5.75 Å². The number of hydrogen-bond acceptors (Lipinski definition) is 3. The van der Waals surface area contributed by atoms with Crippen LogP contribution in [0.25, 0.3) is 10.9 Å². The molecule has 0 spiro atoms. The van der Waals surface area contributed by atoms with E-state index < -0.39 is 0 Å². The highest BCUT2D eigenvalue weighted by Crippen LogP contribution is 2.20. The molecule has 0 aliphatic carbocycles. The minimum atomic E-state index is 0.688. The van der Waals surface area contributed by atoms with Crippen LogP contribution in [0.2, 0.25) is 0 Å². The molecule has 3 nitrogen and oxygen atoms in total. The molecule has 0 aliphatic rings. The van der Waals surface area contributed by atoms with E-state index in [1.807, 2.05) is 44.3 Å². The van der Waals surface area contributed by atoms with Crippen molar-refractivity contribution in [2.24, 2.45) is 0 Å². The number of fused-ring (bicyclic) bond motifs is 1. The van der Waals surface area contributed by atoms with Crippen molar-refractivity contribution in [1.29, 1.82) is 0 Å². The van der Waals surface area contributed by atoms with Crippen LogP contribution in [0.15, 0.2) is 30.3 Å². The summed E-state index contributed by atoms with van der Waals surface area (Å²) in [5, 5.41) is 4.11. The summed E-state index contributed by atoms with van der Waals surface area (Å²) >= 11 is 0. The first-order valence-electron chi connectivity index (χ1n) is 5.05. The Bertz CT molecular complexity index is 468. The third-order valence-electron chi connectivity index (χ3n) is 2.23. The Labute approximate surface area is 89.1 Å². The van der Waals surface area contributed by atoms with E-state index in [2.05, 4.69) is 10.3 Å². The van der Waals surface area contributed by atoms with Gasteiger partial charge in [-0.05, 0) is 37.3 Å². The van der Waals surface area contributed by atoms with Crippen molar-refractivity contribution >= 4 is 16.7 Å². The fourth-order valence-corrected chi connectivity index (χ4v) is 1.50. The van der Waals surface area contributed by atoms with Crippen molar-refractivity contribution in [1.82, 2.24) is 4.98 Å². The molecule has 0 amide bonds. The summed E-state index contributed by atoms with van der Waals surface area (Å²) in [7, 11) is 1.86. The van der Waals surface area contributed by atoms with Gasteiger partial charge in [-0.2, -0.15) is 0 Å². The predicted octanol–water partition coefficient (Wildman–Crippen LogP) is 2.68. The lowest BCUT2D eigenvalue weighted by Gasteiger charge is -2.05. The summed E-state index contributed by atoms with van der Waals surface area (Å²) in [5.41, 5.74) is 0.977. The molecule has 0 saturated heterocycles. The normalized spacial score (nSPS) is 10.3. The van der Waals surface area contributed by atoms with Gasteiger partial charge in [0.05, 0.1) is 12.1 Å². The van der Waals surface area contributed by atoms with Crippen LogP contribution in [0.4, 0.5) is 5.82 Å². The molecule has 1 aromatic heterocycles. The van der Waals surface area contributed by atoms with Crippen molar-refractivity contribution < 1.29 is 4.74 Å². The molecule has 0 bridgehead atoms. The smallest absolute Gasteiger partial charge is 0.126 e. The molecule has 0 atom stereocenters. The molecule has 0 radical (unpaired) electrons. The second-order valence-corrected chi connectivity index (χ2v) is 3.23. The Balaban J connectivity index is 2.45. The number of aromatic nitrogens is 1. The largest absolute Gasteiger partial charge is 0.494 e.